The summed E-state index contributed by atoms with van der Waals surface area (Å²) in [6, 6.07) is 15.6. The zero-order chi connectivity index (χ0) is 17.4. The molecule has 0 aromatic heterocycles. The monoisotopic (exact) mass is 326 g/mol. The van der Waals surface area contributed by atoms with Crippen LogP contribution in [0.1, 0.15) is 17.2 Å². The van der Waals surface area contributed by atoms with Crippen LogP contribution in [0, 0.1) is 11.3 Å². The first-order chi connectivity index (χ1) is 11.7. The van der Waals surface area contributed by atoms with Gasteiger partial charge in [-0.25, -0.2) is 0 Å². The third kappa shape index (κ3) is 4.18. The summed E-state index contributed by atoms with van der Waals surface area (Å²) in [5.74, 6) is 1.60. The molecular weight excluding hydrogens is 304 g/mol. The molecule has 1 atom stereocenters. The van der Waals surface area contributed by atoms with Crippen LogP contribution in [0.25, 0.3) is 0 Å². The number of ether oxygens (including phenoxy) is 3. The van der Waals surface area contributed by atoms with Crippen molar-refractivity contribution in [2.45, 2.75) is 12.5 Å². The number of hydrogen-bond donors (Lipinski definition) is 1. The summed E-state index contributed by atoms with van der Waals surface area (Å²) < 4.78 is 16.0. The molecule has 0 heterocycles. The van der Waals surface area contributed by atoms with Gasteiger partial charge in [-0.2, -0.15) is 5.26 Å². The Bertz CT molecular complexity index is 670. The maximum absolute atomic E-state index is 9.50. The molecule has 0 aliphatic carbocycles. The van der Waals surface area contributed by atoms with Crippen molar-refractivity contribution in [1.29, 1.82) is 5.26 Å². The second kappa shape index (κ2) is 8.80. The van der Waals surface area contributed by atoms with Gasteiger partial charge in [-0.3, -0.25) is 5.32 Å². The Labute approximate surface area is 142 Å². The molecule has 0 aliphatic rings. The van der Waals surface area contributed by atoms with Gasteiger partial charge < -0.3 is 14.2 Å². The van der Waals surface area contributed by atoms with Gasteiger partial charge in [0.05, 0.1) is 27.4 Å². The van der Waals surface area contributed by atoms with Crippen molar-refractivity contribution in [3.63, 3.8) is 0 Å². The van der Waals surface area contributed by atoms with E-state index >= 15 is 0 Å². The van der Waals surface area contributed by atoms with E-state index in [4.69, 9.17) is 14.2 Å². The van der Waals surface area contributed by atoms with Crippen LogP contribution in [0.2, 0.25) is 0 Å². The Kier molecular flexibility index (Phi) is 6.47. The predicted octanol–water partition coefficient (Wildman–Crippen LogP) is 3.11. The minimum atomic E-state index is -0.456. The summed E-state index contributed by atoms with van der Waals surface area (Å²) in [5, 5.41) is 12.8. The first-order valence-corrected chi connectivity index (χ1v) is 7.70. The molecule has 0 bridgehead atoms. The minimum Gasteiger partial charge on any atom is -0.493 e. The molecular formula is C19H22N2O3. The van der Waals surface area contributed by atoms with Gasteiger partial charge in [-0.15, -0.1) is 0 Å². The number of nitrogens with zero attached hydrogens (tertiary/aromatic N) is 1. The topological polar surface area (TPSA) is 63.5 Å². The molecule has 0 aliphatic heterocycles. The molecule has 0 spiro atoms. The van der Waals surface area contributed by atoms with Gasteiger partial charge in [0.2, 0.25) is 5.75 Å². The molecule has 24 heavy (non-hydrogen) atoms. The third-order valence-corrected chi connectivity index (χ3v) is 3.75. The lowest BCUT2D eigenvalue weighted by atomic mass is 10.1. The highest BCUT2D eigenvalue weighted by Crippen LogP contribution is 2.39. The fourth-order valence-corrected chi connectivity index (χ4v) is 2.51. The summed E-state index contributed by atoms with van der Waals surface area (Å²) in [4.78, 5) is 0. The normalized spacial score (nSPS) is 11.4. The van der Waals surface area contributed by atoms with Crippen LogP contribution in [-0.4, -0.2) is 27.9 Å². The van der Waals surface area contributed by atoms with Crippen LogP contribution in [0.5, 0.6) is 17.2 Å². The second-order valence-electron chi connectivity index (χ2n) is 5.21. The van der Waals surface area contributed by atoms with Crippen LogP contribution in [-0.2, 0) is 6.42 Å². The summed E-state index contributed by atoms with van der Waals surface area (Å²) in [6.45, 7) is 0.693. The quantitative estimate of drug-likeness (QED) is 0.807. The molecule has 5 heteroatoms. The van der Waals surface area contributed by atoms with Crippen molar-refractivity contribution in [3.05, 3.63) is 53.6 Å². The lowest BCUT2D eigenvalue weighted by molar-refractivity contribution is 0.323. The summed E-state index contributed by atoms with van der Waals surface area (Å²) in [6.07, 6.45) is 0.851. The van der Waals surface area contributed by atoms with Gasteiger partial charge in [0.15, 0.2) is 11.5 Å². The first-order valence-electron chi connectivity index (χ1n) is 7.70. The Morgan fingerprint density at radius 1 is 1.00 bits per heavy atom. The number of hydrogen-bond acceptors (Lipinski definition) is 5. The maximum Gasteiger partial charge on any atom is 0.203 e. The van der Waals surface area contributed by atoms with E-state index in [1.165, 1.54) is 5.56 Å². The lowest BCUT2D eigenvalue weighted by Gasteiger charge is -2.17. The first kappa shape index (κ1) is 17.6. The molecule has 2 aromatic rings. The summed E-state index contributed by atoms with van der Waals surface area (Å²) in [7, 11) is 4.68. The SMILES string of the molecule is COc1cc(C(C#N)NCCc2ccccc2)cc(OC)c1OC. The largest absolute Gasteiger partial charge is 0.493 e. The molecule has 0 saturated heterocycles. The lowest BCUT2D eigenvalue weighted by Crippen LogP contribution is -2.22. The van der Waals surface area contributed by atoms with E-state index in [-0.39, 0.29) is 0 Å². The molecule has 126 valence electrons. The van der Waals surface area contributed by atoms with Crippen LogP contribution in [0.15, 0.2) is 42.5 Å². The zero-order valence-corrected chi connectivity index (χ0v) is 14.2. The molecule has 5 nitrogen and oxygen atoms in total. The van der Waals surface area contributed by atoms with E-state index in [0.717, 1.165) is 12.0 Å². The molecule has 0 saturated carbocycles. The van der Waals surface area contributed by atoms with E-state index in [9.17, 15) is 5.26 Å². The smallest absolute Gasteiger partial charge is 0.203 e. The van der Waals surface area contributed by atoms with E-state index in [1.807, 2.05) is 18.2 Å². The Morgan fingerprint density at radius 2 is 1.62 bits per heavy atom. The molecule has 0 fully saturated rings. The third-order valence-electron chi connectivity index (χ3n) is 3.75. The summed E-state index contributed by atoms with van der Waals surface area (Å²) >= 11 is 0. The van der Waals surface area contributed by atoms with Gasteiger partial charge in [0, 0.05) is 6.54 Å². The Hall–Kier alpha value is -2.71. The van der Waals surface area contributed by atoms with E-state index in [0.29, 0.717) is 23.8 Å². The highest BCUT2D eigenvalue weighted by molar-refractivity contribution is 5.55. The molecule has 2 rings (SSSR count). The molecule has 2 aromatic carbocycles. The molecule has 1 unspecified atom stereocenters. The van der Waals surface area contributed by atoms with Crippen molar-refractivity contribution in [2.75, 3.05) is 27.9 Å². The van der Waals surface area contributed by atoms with Gasteiger partial charge in [0.1, 0.15) is 6.04 Å². The fraction of sp³-hybridized carbons (Fsp3) is 0.316. The van der Waals surface area contributed by atoms with Gasteiger partial charge in [-0.05, 0) is 29.7 Å². The van der Waals surface area contributed by atoms with Crippen LogP contribution < -0.4 is 19.5 Å². The van der Waals surface area contributed by atoms with Crippen molar-refractivity contribution >= 4 is 0 Å². The van der Waals surface area contributed by atoms with Gasteiger partial charge >= 0.3 is 0 Å². The molecule has 0 amide bonds. The Morgan fingerprint density at radius 3 is 2.12 bits per heavy atom. The van der Waals surface area contributed by atoms with Crippen molar-refractivity contribution in [2.24, 2.45) is 0 Å². The highest BCUT2D eigenvalue weighted by atomic mass is 16.5. The van der Waals surface area contributed by atoms with E-state index < -0.39 is 6.04 Å². The summed E-state index contributed by atoms with van der Waals surface area (Å²) in [5.41, 5.74) is 2.01. The standard InChI is InChI=1S/C19H22N2O3/c1-22-17-11-15(12-18(23-2)19(17)24-3)16(13-20)21-10-9-14-7-5-4-6-8-14/h4-8,11-12,16,21H,9-10H2,1-3H3. The molecule has 1 N–H and O–H groups in total. The average Bonchev–Trinajstić information content (AvgIpc) is 2.64. The van der Waals surface area contributed by atoms with Crippen molar-refractivity contribution in [1.82, 2.24) is 5.32 Å². The predicted molar refractivity (Wildman–Crippen MR) is 92.6 cm³/mol. The zero-order valence-electron chi connectivity index (χ0n) is 14.2. The molecule has 0 radical (unpaired) electrons. The average molecular weight is 326 g/mol. The van der Waals surface area contributed by atoms with Gasteiger partial charge in [0.25, 0.3) is 0 Å². The number of nitriles is 1. The Balaban J connectivity index is 2.13. The van der Waals surface area contributed by atoms with Crippen LogP contribution >= 0.6 is 0 Å². The van der Waals surface area contributed by atoms with E-state index in [2.05, 4.69) is 23.5 Å². The second-order valence-corrected chi connectivity index (χ2v) is 5.21. The van der Waals surface area contributed by atoms with Crippen molar-refractivity contribution in [3.8, 4) is 23.3 Å². The fourth-order valence-electron chi connectivity index (χ4n) is 2.51. The number of nitrogens with one attached hydrogen (secondary N) is 1. The maximum atomic E-state index is 9.50. The van der Waals surface area contributed by atoms with E-state index in [1.54, 1.807) is 33.5 Å². The minimum absolute atomic E-state index is 0.456. The number of rotatable bonds is 8. The van der Waals surface area contributed by atoms with Crippen LogP contribution in [0.4, 0.5) is 0 Å². The van der Waals surface area contributed by atoms with Crippen molar-refractivity contribution < 1.29 is 14.2 Å². The number of methoxy groups -OCH3 is 3. The highest BCUT2D eigenvalue weighted by Gasteiger charge is 2.18. The van der Waals surface area contributed by atoms with Gasteiger partial charge in [-0.1, -0.05) is 30.3 Å². The van der Waals surface area contributed by atoms with Crippen LogP contribution in [0.3, 0.4) is 0 Å². The number of benzene rings is 2.